The summed E-state index contributed by atoms with van der Waals surface area (Å²) in [5, 5.41) is 12.1. The zero-order valence-corrected chi connectivity index (χ0v) is 20.3. The highest BCUT2D eigenvalue weighted by Crippen LogP contribution is 2.12. The maximum atomic E-state index is 13.3. The third-order valence-corrected chi connectivity index (χ3v) is 5.54. The zero-order chi connectivity index (χ0) is 25.8. The van der Waals surface area contributed by atoms with Crippen molar-refractivity contribution in [3.05, 3.63) is 107 Å². The number of carbonyl (C=O) groups is 3. The van der Waals surface area contributed by atoms with E-state index in [1.807, 2.05) is 73.7 Å². The predicted molar refractivity (Wildman–Crippen MR) is 140 cm³/mol. The van der Waals surface area contributed by atoms with Gasteiger partial charge in [0.15, 0.2) is 0 Å². The SMILES string of the molecule is CCCN(C(=O)N[C@@H](CCc1ccccc1)CC(=O)O)C(=O)c1cccc(C#Cc2ccccc2)c1. The van der Waals surface area contributed by atoms with Gasteiger partial charge in [0.1, 0.15) is 0 Å². The van der Waals surface area contributed by atoms with Gasteiger partial charge in [0.2, 0.25) is 0 Å². The molecule has 2 N–H and O–H groups in total. The van der Waals surface area contributed by atoms with E-state index in [0.29, 0.717) is 30.4 Å². The second-order valence-corrected chi connectivity index (χ2v) is 8.42. The molecule has 3 rings (SSSR count). The molecule has 3 amide bonds. The number of rotatable bonds is 9. The quantitative estimate of drug-likeness (QED) is 0.414. The van der Waals surface area contributed by atoms with E-state index in [-0.39, 0.29) is 13.0 Å². The minimum atomic E-state index is -1.01. The molecule has 3 aromatic carbocycles. The van der Waals surface area contributed by atoms with Gasteiger partial charge in [-0.2, -0.15) is 0 Å². The van der Waals surface area contributed by atoms with Crippen molar-refractivity contribution in [3.8, 4) is 11.8 Å². The van der Waals surface area contributed by atoms with E-state index in [2.05, 4.69) is 17.2 Å². The van der Waals surface area contributed by atoms with Crippen LogP contribution in [-0.4, -0.2) is 40.5 Å². The first kappa shape index (κ1) is 26.2. The van der Waals surface area contributed by atoms with E-state index in [9.17, 15) is 19.5 Å². The van der Waals surface area contributed by atoms with Gasteiger partial charge in [-0.3, -0.25) is 14.5 Å². The Kier molecular flexibility index (Phi) is 9.84. The molecule has 184 valence electrons. The monoisotopic (exact) mass is 482 g/mol. The van der Waals surface area contributed by atoms with Crippen molar-refractivity contribution in [2.45, 2.75) is 38.6 Å². The second-order valence-electron chi connectivity index (χ2n) is 8.42. The number of urea groups is 1. The fourth-order valence-electron chi connectivity index (χ4n) is 3.74. The number of carboxylic acids is 1. The molecule has 0 saturated heterocycles. The molecule has 0 heterocycles. The minimum Gasteiger partial charge on any atom is -0.481 e. The summed E-state index contributed by atoms with van der Waals surface area (Å²) in [6.45, 7) is 2.09. The molecular weight excluding hydrogens is 452 g/mol. The smallest absolute Gasteiger partial charge is 0.324 e. The minimum absolute atomic E-state index is 0.211. The Morgan fingerprint density at radius 1 is 0.889 bits per heavy atom. The van der Waals surface area contributed by atoms with Crippen molar-refractivity contribution in [2.24, 2.45) is 0 Å². The summed E-state index contributed by atoms with van der Waals surface area (Å²) in [5.41, 5.74) is 2.92. The normalized spacial score (nSPS) is 11.0. The largest absolute Gasteiger partial charge is 0.481 e. The summed E-state index contributed by atoms with van der Waals surface area (Å²) in [6, 6.07) is 24.9. The van der Waals surface area contributed by atoms with E-state index < -0.39 is 23.9 Å². The maximum absolute atomic E-state index is 13.3. The molecule has 6 nitrogen and oxygen atoms in total. The number of hydrogen-bond donors (Lipinski definition) is 2. The lowest BCUT2D eigenvalue weighted by Gasteiger charge is -2.24. The number of aryl methyl sites for hydroxylation is 1. The number of hydrogen-bond acceptors (Lipinski definition) is 3. The van der Waals surface area contributed by atoms with Crippen molar-refractivity contribution in [1.82, 2.24) is 10.2 Å². The number of imide groups is 1. The highest BCUT2D eigenvalue weighted by atomic mass is 16.4. The summed E-state index contributed by atoms with van der Waals surface area (Å²) < 4.78 is 0. The summed E-state index contributed by atoms with van der Waals surface area (Å²) >= 11 is 0. The van der Waals surface area contributed by atoms with Crippen LogP contribution in [0.3, 0.4) is 0 Å². The molecule has 0 saturated carbocycles. The first-order valence-corrected chi connectivity index (χ1v) is 12.0. The van der Waals surface area contributed by atoms with Crippen LogP contribution in [0.25, 0.3) is 0 Å². The molecule has 0 spiro atoms. The molecule has 0 fully saturated rings. The van der Waals surface area contributed by atoms with Gasteiger partial charge < -0.3 is 10.4 Å². The number of aliphatic carboxylic acids is 1. The molecule has 0 aliphatic carbocycles. The highest BCUT2D eigenvalue weighted by molar-refractivity contribution is 6.04. The lowest BCUT2D eigenvalue weighted by molar-refractivity contribution is -0.137. The van der Waals surface area contributed by atoms with Gasteiger partial charge in [-0.25, -0.2) is 4.79 Å². The van der Waals surface area contributed by atoms with E-state index in [1.165, 1.54) is 0 Å². The third-order valence-electron chi connectivity index (χ3n) is 5.54. The lowest BCUT2D eigenvalue weighted by Crippen LogP contribution is -2.48. The number of carboxylic acid groups (broad SMARTS) is 1. The standard InChI is InChI=1S/C30H30N2O4/c1-2-20-32(30(36)31-27(22-28(33)34)19-18-24-12-7-4-8-13-24)29(35)26-15-9-14-25(21-26)17-16-23-10-5-3-6-11-23/h3-15,21,27H,2,18-20,22H2,1H3,(H,31,36)(H,33,34)/t27-/m0/s1. The van der Waals surface area contributed by atoms with E-state index in [0.717, 1.165) is 16.0 Å². The molecule has 0 aliphatic heterocycles. The van der Waals surface area contributed by atoms with Crippen LogP contribution in [0, 0.1) is 11.8 Å². The van der Waals surface area contributed by atoms with Crippen molar-refractivity contribution in [3.63, 3.8) is 0 Å². The molecule has 3 aromatic rings. The van der Waals surface area contributed by atoms with E-state index >= 15 is 0 Å². The van der Waals surface area contributed by atoms with Crippen molar-refractivity contribution in [2.75, 3.05) is 6.54 Å². The van der Waals surface area contributed by atoms with E-state index in [1.54, 1.807) is 18.2 Å². The van der Waals surface area contributed by atoms with Gasteiger partial charge in [-0.1, -0.05) is 73.4 Å². The van der Waals surface area contributed by atoms with Crippen LogP contribution < -0.4 is 5.32 Å². The predicted octanol–water partition coefficient (Wildman–Crippen LogP) is 5.12. The van der Waals surface area contributed by atoms with Crippen LogP contribution in [0.15, 0.2) is 84.9 Å². The maximum Gasteiger partial charge on any atom is 0.324 e. The fourth-order valence-corrected chi connectivity index (χ4v) is 3.74. The Labute approximate surface area is 212 Å². The van der Waals surface area contributed by atoms with Gasteiger partial charge in [0.05, 0.1) is 6.42 Å². The van der Waals surface area contributed by atoms with Crippen LogP contribution in [0.4, 0.5) is 4.79 Å². The van der Waals surface area contributed by atoms with Gasteiger partial charge in [0.25, 0.3) is 5.91 Å². The zero-order valence-electron chi connectivity index (χ0n) is 20.3. The van der Waals surface area contributed by atoms with Crippen LogP contribution in [0.1, 0.15) is 53.2 Å². The van der Waals surface area contributed by atoms with E-state index in [4.69, 9.17) is 0 Å². The van der Waals surface area contributed by atoms with Gasteiger partial charge in [-0.15, -0.1) is 0 Å². The first-order chi connectivity index (χ1) is 17.5. The highest BCUT2D eigenvalue weighted by Gasteiger charge is 2.25. The summed E-state index contributed by atoms with van der Waals surface area (Å²) in [7, 11) is 0. The first-order valence-electron chi connectivity index (χ1n) is 12.0. The Hall–Kier alpha value is -4.37. The molecule has 0 unspecified atom stereocenters. The van der Waals surface area contributed by atoms with Crippen molar-refractivity contribution >= 4 is 17.9 Å². The van der Waals surface area contributed by atoms with Crippen LogP contribution in [0.5, 0.6) is 0 Å². The summed E-state index contributed by atoms with van der Waals surface area (Å²) in [6.07, 6.45) is 1.40. The Morgan fingerprint density at radius 2 is 1.53 bits per heavy atom. The number of nitrogens with zero attached hydrogens (tertiary/aromatic N) is 1. The summed E-state index contributed by atoms with van der Waals surface area (Å²) in [5.74, 6) is 4.66. The number of benzene rings is 3. The third kappa shape index (κ3) is 8.14. The molecule has 0 bridgehead atoms. The average Bonchev–Trinajstić information content (AvgIpc) is 2.90. The second kappa shape index (κ2) is 13.5. The van der Waals surface area contributed by atoms with Crippen molar-refractivity contribution < 1.29 is 19.5 Å². The molecule has 0 aliphatic rings. The number of nitrogens with one attached hydrogen (secondary N) is 1. The molecule has 0 aromatic heterocycles. The molecular formula is C30H30N2O4. The van der Waals surface area contributed by atoms with Gasteiger partial charge in [0, 0.05) is 29.3 Å². The Bertz CT molecular complexity index is 1230. The number of carbonyl (C=O) groups excluding carboxylic acids is 2. The van der Waals surface area contributed by atoms with Crippen LogP contribution in [0.2, 0.25) is 0 Å². The molecule has 36 heavy (non-hydrogen) atoms. The summed E-state index contributed by atoms with van der Waals surface area (Å²) in [4.78, 5) is 39.0. The average molecular weight is 483 g/mol. The Balaban J connectivity index is 1.73. The number of amides is 3. The molecule has 1 atom stereocenters. The molecule has 0 radical (unpaired) electrons. The van der Waals surface area contributed by atoms with Gasteiger partial charge >= 0.3 is 12.0 Å². The lowest BCUT2D eigenvalue weighted by atomic mass is 10.0. The topological polar surface area (TPSA) is 86.7 Å². The van der Waals surface area contributed by atoms with Gasteiger partial charge in [-0.05, 0) is 55.2 Å². The van der Waals surface area contributed by atoms with Crippen LogP contribution in [-0.2, 0) is 11.2 Å². The van der Waals surface area contributed by atoms with Crippen molar-refractivity contribution in [1.29, 1.82) is 0 Å². The van der Waals surface area contributed by atoms with Crippen LogP contribution >= 0.6 is 0 Å². The Morgan fingerprint density at radius 3 is 2.19 bits per heavy atom. The molecule has 6 heteroatoms. The fraction of sp³-hybridized carbons (Fsp3) is 0.233.